The Morgan fingerprint density at radius 3 is 2.31 bits per heavy atom. The second-order valence-electron chi connectivity index (χ2n) is 9.35. The van der Waals surface area contributed by atoms with E-state index in [0.717, 1.165) is 39.1 Å². The van der Waals surface area contributed by atoms with Crippen LogP contribution in [0.5, 0.6) is 5.75 Å². The number of amides is 1. The summed E-state index contributed by atoms with van der Waals surface area (Å²) in [5, 5.41) is 4.41. The standard InChI is InChI=1S/C29H34N8O2/c1-7-37-24(19-20(2)32-37)27(38)31-29-33(4)21-13-8-9-14-22(21)35(29)17-10-11-18-36-26-23(34(5)28(36)30-3)15-12-16-25(26)39-6/h8-16,19H,7,17-18H2,1-6H3/b11-10+,30-28?,31-29?. The van der Waals surface area contributed by atoms with Gasteiger partial charge in [0.1, 0.15) is 17.0 Å². The quantitative estimate of drug-likeness (QED) is 0.305. The van der Waals surface area contributed by atoms with Crippen LogP contribution < -0.4 is 16.0 Å². The summed E-state index contributed by atoms with van der Waals surface area (Å²) in [6.07, 6.45) is 4.20. The number of ether oxygens (including phenoxy) is 1. The van der Waals surface area contributed by atoms with E-state index < -0.39 is 0 Å². The number of rotatable bonds is 7. The minimum Gasteiger partial charge on any atom is -0.494 e. The molecule has 3 heterocycles. The van der Waals surface area contributed by atoms with E-state index in [2.05, 4.69) is 47.0 Å². The maximum absolute atomic E-state index is 13.3. The van der Waals surface area contributed by atoms with Gasteiger partial charge in [-0.3, -0.25) is 14.5 Å². The van der Waals surface area contributed by atoms with E-state index in [4.69, 9.17) is 4.74 Å². The third kappa shape index (κ3) is 4.52. The van der Waals surface area contributed by atoms with Crippen molar-refractivity contribution in [3.8, 4) is 5.75 Å². The molecule has 10 heteroatoms. The number of aryl methyl sites for hydroxylation is 4. The highest BCUT2D eigenvalue weighted by atomic mass is 16.5. The molecule has 0 saturated heterocycles. The molecule has 0 bridgehead atoms. The van der Waals surface area contributed by atoms with E-state index in [-0.39, 0.29) is 5.91 Å². The van der Waals surface area contributed by atoms with Crippen molar-refractivity contribution in [2.75, 3.05) is 14.2 Å². The van der Waals surface area contributed by atoms with Crippen LogP contribution in [0.3, 0.4) is 0 Å². The largest absolute Gasteiger partial charge is 0.494 e. The molecule has 3 aromatic heterocycles. The highest BCUT2D eigenvalue weighted by Crippen LogP contribution is 2.24. The Bertz CT molecular complexity index is 1860. The first-order valence-corrected chi connectivity index (χ1v) is 13.0. The second-order valence-corrected chi connectivity index (χ2v) is 9.35. The van der Waals surface area contributed by atoms with Crippen LogP contribution in [0.25, 0.3) is 22.1 Å². The molecule has 1 amide bonds. The van der Waals surface area contributed by atoms with Crippen LogP contribution in [0.1, 0.15) is 23.1 Å². The molecule has 5 aromatic rings. The van der Waals surface area contributed by atoms with Gasteiger partial charge in [-0.2, -0.15) is 10.1 Å². The number of methoxy groups -OCH3 is 1. The van der Waals surface area contributed by atoms with Gasteiger partial charge in [0, 0.05) is 40.8 Å². The lowest BCUT2D eigenvalue weighted by Gasteiger charge is -2.06. The number of hydrogen-bond donors (Lipinski definition) is 0. The van der Waals surface area contributed by atoms with Crippen molar-refractivity contribution >= 4 is 28.0 Å². The number of benzene rings is 2. The van der Waals surface area contributed by atoms with Crippen LogP contribution in [0, 0.1) is 6.92 Å². The minimum absolute atomic E-state index is 0.311. The second kappa shape index (κ2) is 10.6. The molecule has 0 saturated carbocycles. The molecule has 202 valence electrons. The first kappa shape index (κ1) is 26.0. The molecule has 0 fully saturated rings. The Morgan fingerprint density at radius 2 is 1.62 bits per heavy atom. The monoisotopic (exact) mass is 526 g/mol. The SMILES string of the molecule is CCn1nc(C)cc1C(=O)N=c1n(C)c2ccccc2n1C/C=C/Cn1c(=NC)n(C)c2cccc(OC)c21. The van der Waals surface area contributed by atoms with Crippen molar-refractivity contribution in [1.29, 1.82) is 0 Å². The van der Waals surface area contributed by atoms with E-state index >= 15 is 0 Å². The number of carbonyl (C=O) groups excluding carboxylic acids is 1. The summed E-state index contributed by atoms with van der Waals surface area (Å²) in [4.78, 5) is 22.4. The van der Waals surface area contributed by atoms with Crippen LogP contribution in [-0.4, -0.2) is 48.1 Å². The number of hydrogen-bond acceptors (Lipinski definition) is 4. The number of para-hydroxylation sites is 3. The first-order chi connectivity index (χ1) is 18.9. The van der Waals surface area contributed by atoms with Crippen molar-refractivity contribution < 1.29 is 9.53 Å². The van der Waals surface area contributed by atoms with Gasteiger partial charge in [0.15, 0.2) is 0 Å². The van der Waals surface area contributed by atoms with Gasteiger partial charge in [-0.25, -0.2) is 0 Å². The topological polar surface area (TPSA) is 88.6 Å². The highest BCUT2D eigenvalue weighted by Gasteiger charge is 2.16. The van der Waals surface area contributed by atoms with Gasteiger partial charge in [0.25, 0.3) is 5.91 Å². The Morgan fingerprint density at radius 1 is 0.949 bits per heavy atom. The normalized spacial score (nSPS) is 13.0. The van der Waals surface area contributed by atoms with Crippen molar-refractivity contribution in [2.24, 2.45) is 24.1 Å². The summed E-state index contributed by atoms with van der Waals surface area (Å²) in [6, 6.07) is 15.9. The molecule has 0 aliphatic heterocycles. The average Bonchev–Trinajstić information content (AvgIpc) is 3.56. The van der Waals surface area contributed by atoms with Gasteiger partial charge in [-0.05, 0) is 44.2 Å². The molecule has 0 atom stereocenters. The molecule has 39 heavy (non-hydrogen) atoms. The molecule has 0 N–H and O–H groups in total. The summed E-state index contributed by atoms with van der Waals surface area (Å²) >= 11 is 0. The fourth-order valence-corrected chi connectivity index (χ4v) is 5.20. The fraction of sp³-hybridized carbons (Fsp3) is 0.310. The number of carbonyl (C=O) groups is 1. The molecule has 10 nitrogen and oxygen atoms in total. The molecule has 0 radical (unpaired) electrons. The van der Waals surface area contributed by atoms with Crippen molar-refractivity contribution in [1.82, 2.24) is 28.0 Å². The molecule has 0 aliphatic carbocycles. The Hall–Kier alpha value is -4.60. The lowest BCUT2D eigenvalue weighted by Crippen LogP contribution is -2.26. The zero-order chi connectivity index (χ0) is 27.7. The molecular formula is C29H34N8O2. The third-order valence-electron chi connectivity index (χ3n) is 7.01. The van der Waals surface area contributed by atoms with Crippen LogP contribution in [-0.2, 0) is 33.7 Å². The van der Waals surface area contributed by atoms with Gasteiger partial charge < -0.3 is 23.0 Å². The van der Waals surface area contributed by atoms with Gasteiger partial charge in [0.2, 0.25) is 11.2 Å². The zero-order valence-electron chi connectivity index (χ0n) is 23.3. The lowest BCUT2D eigenvalue weighted by atomic mass is 10.3. The van der Waals surface area contributed by atoms with Crippen molar-refractivity contribution in [2.45, 2.75) is 33.5 Å². The summed E-state index contributed by atoms with van der Waals surface area (Å²) in [6.45, 7) is 5.60. The summed E-state index contributed by atoms with van der Waals surface area (Å²) in [5.41, 5.74) is 6.75. The maximum atomic E-state index is 13.3. The average molecular weight is 527 g/mol. The van der Waals surface area contributed by atoms with Gasteiger partial charge >= 0.3 is 0 Å². The van der Waals surface area contributed by atoms with Crippen LogP contribution in [0.4, 0.5) is 0 Å². The summed E-state index contributed by atoms with van der Waals surface area (Å²) in [5.74, 6) is 0.490. The first-order valence-electron chi connectivity index (χ1n) is 13.0. The number of aromatic nitrogens is 6. The van der Waals surface area contributed by atoms with E-state index in [1.807, 2.05) is 68.9 Å². The van der Waals surface area contributed by atoms with Crippen molar-refractivity contribution in [3.63, 3.8) is 0 Å². The van der Waals surface area contributed by atoms with E-state index in [0.29, 0.717) is 30.9 Å². The Balaban J connectivity index is 1.54. The molecule has 0 aliphatic rings. The fourth-order valence-electron chi connectivity index (χ4n) is 5.20. The number of nitrogens with zero attached hydrogens (tertiary/aromatic N) is 8. The Labute approximate surface area is 226 Å². The number of allylic oxidation sites excluding steroid dienone is 2. The summed E-state index contributed by atoms with van der Waals surface area (Å²) in [7, 11) is 7.42. The number of fused-ring (bicyclic) bond motifs is 2. The molecule has 5 rings (SSSR count). The zero-order valence-corrected chi connectivity index (χ0v) is 23.3. The van der Waals surface area contributed by atoms with Crippen LogP contribution in [0.2, 0.25) is 0 Å². The van der Waals surface area contributed by atoms with E-state index in [9.17, 15) is 4.79 Å². The van der Waals surface area contributed by atoms with Crippen LogP contribution in [0.15, 0.2) is 70.7 Å². The van der Waals surface area contributed by atoms with E-state index in [1.165, 1.54) is 0 Å². The molecule has 2 aromatic carbocycles. The number of imidazole rings is 2. The predicted molar refractivity (Wildman–Crippen MR) is 152 cm³/mol. The van der Waals surface area contributed by atoms with Crippen LogP contribution >= 0.6 is 0 Å². The smallest absolute Gasteiger partial charge is 0.298 e. The van der Waals surface area contributed by atoms with Gasteiger partial charge in [0.05, 0.1) is 29.4 Å². The van der Waals surface area contributed by atoms with Crippen molar-refractivity contribution in [3.05, 3.63) is 83.3 Å². The Kier molecular flexibility index (Phi) is 7.10. The predicted octanol–water partition coefficient (Wildman–Crippen LogP) is 3.33. The minimum atomic E-state index is -0.311. The van der Waals surface area contributed by atoms with E-state index in [1.54, 1.807) is 24.9 Å². The molecule has 0 unspecified atom stereocenters. The summed E-state index contributed by atoms with van der Waals surface area (Å²) < 4.78 is 15.6. The molecule has 0 spiro atoms. The molecular weight excluding hydrogens is 492 g/mol. The maximum Gasteiger partial charge on any atom is 0.298 e. The third-order valence-corrected chi connectivity index (χ3v) is 7.01. The van der Waals surface area contributed by atoms with Gasteiger partial charge in [-0.1, -0.05) is 30.4 Å². The highest BCUT2D eigenvalue weighted by molar-refractivity contribution is 5.93. The van der Waals surface area contributed by atoms with Gasteiger partial charge in [-0.15, -0.1) is 0 Å². The lowest BCUT2D eigenvalue weighted by molar-refractivity contribution is 0.0986.